The molecule has 4 rings (SSSR count). The topological polar surface area (TPSA) is 74.6 Å². The van der Waals surface area contributed by atoms with Crippen molar-refractivity contribution in [1.29, 1.82) is 0 Å². The van der Waals surface area contributed by atoms with Crippen LogP contribution in [0.5, 0.6) is 11.5 Å². The lowest BCUT2D eigenvalue weighted by Crippen LogP contribution is -2.21. The summed E-state index contributed by atoms with van der Waals surface area (Å²) in [5.41, 5.74) is 1.32. The molecule has 26 heavy (non-hydrogen) atoms. The van der Waals surface area contributed by atoms with E-state index in [-0.39, 0.29) is 39.3 Å². The Morgan fingerprint density at radius 3 is 1.92 bits per heavy atom. The number of carbonyl (C=O) groups excluding carboxylic acids is 2. The fourth-order valence-electron chi connectivity index (χ4n) is 3.16. The van der Waals surface area contributed by atoms with Crippen LogP contribution in [-0.2, 0) is 0 Å². The van der Waals surface area contributed by atoms with Gasteiger partial charge in [-0.15, -0.1) is 0 Å². The number of benzene rings is 3. The third-order valence-electron chi connectivity index (χ3n) is 4.43. The van der Waals surface area contributed by atoms with Crippen LogP contribution < -0.4 is 0 Å². The molecular formula is C22H14O4. The van der Waals surface area contributed by atoms with Gasteiger partial charge in [-0.3, -0.25) is 9.59 Å². The van der Waals surface area contributed by atoms with Gasteiger partial charge in [0.05, 0.1) is 11.1 Å². The molecule has 0 aromatic heterocycles. The predicted octanol–water partition coefficient (Wildman–Crippen LogP) is 4.04. The van der Waals surface area contributed by atoms with Crippen molar-refractivity contribution in [2.75, 3.05) is 0 Å². The van der Waals surface area contributed by atoms with E-state index in [0.717, 1.165) is 5.56 Å². The number of carbonyl (C=O) groups is 2. The van der Waals surface area contributed by atoms with Crippen LogP contribution in [0.25, 0.3) is 12.2 Å². The second kappa shape index (κ2) is 6.01. The molecule has 0 heterocycles. The molecule has 4 nitrogen and oxygen atoms in total. The number of fused-ring (bicyclic) bond motifs is 2. The monoisotopic (exact) mass is 342 g/mol. The van der Waals surface area contributed by atoms with Crippen LogP contribution in [-0.4, -0.2) is 21.8 Å². The second-order valence-electron chi connectivity index (χ2n) is 6.03. The molecule has 2 N–H and O–H groups in total. The van der Waals surface area contributed by atoms with E-state index < -0.39 is 11.6 Å². The molecule has 0 unspecified atom stereocenters. The van der Waals surface area contributed by atoms with Crippen molar-refractivity contribution >= 4 is 23.7 Å². The van der Waals surface area contributed by atoms with Crippen LogP contribution in [0.3, 0.4) is 0 Å². The van der Waals surface area contributed by atoms with Crippen molar-refractivity contribution < 1.29 is 19.8 Å². The molecular weight excluding hydrogens is 328 g/mol. The van der Waals surface area contributed by atoms with Crippen molar-refractivity contribution in [3.05, 3.63) is 94.0 Å². The van der Waals surface area contributed by atoms with Gasteiger partial charge in [-0.05, 0) is 11.6 Å². The molecule has 3 aromatic carbocycles. The molecule has 0 spiro atoms. The summed E-state index contributed by atoms with van der Waals surface area (Å²) in [5.74, 6) is -1.57. The molecule has 0 atom stereocenters. The summed E-state index contributed by atoms with van der Waals surface area (Å²) in [6, 6.07) is 17.1. The van der Waals surface area contributed by atoms with E-state index in [9.17, 15) is 19.8 Å². The maximum absolute atomic E-state index is 12.8. The zero-order chi connectivity index (χ0) is 18.3. The quantitative estimate of drug-likeness (QED) is 0.426. The summed E-state index contributed by atoms with van der Waals surface area (Å²) in [6.07, 6.45) is 3.35. The Labute approximate surface area is 149 Å². The van der Waals surface area contributed by atoms with Gasteiger partial charge in [-0.25, -0.2) is 0 Å². The number of aromatic hydroxyl groups is 2. The van der Waals surface area contributed by atoms with Gasteiger partial charge in [-0.1, -0.05) is 66.7 Å². The lowest BCUT2D eigenvalue weighted by molar-refractivity contribution is 0.0974. The average molecular weight is 342 g/mol. The van der Waals surface area contributed by atoms with Crippen LogP contribution in [0.1, 0.15) is 43.0 Å². The minimum atomic E-state index is -0.474. The molecule has 1 aliphatic rings. The van der Waals surface area contributed by atoms with Crippen molar-refractivity contribution in [3.63, 3.8) is 0 Å². The van der Waals surface area contributed by atoms with Gasteiger partial charge in [0.1, 0.15) is 11.5 Å². The first-order valence-electron chi connectivity index (χ1n) is 8.08. The zero-order valence-electron chi connectivity index (χ0n) is 13.6. The number of phenols is 2. The second-order valence-corrected chi connectivity index (χ2v) is 6.03. The summed E-state index contributed by atoms with van der Waals surface area (Å²) < 4.78 is 0. The Balaban J connectivity index is 1.87. The molecule has 0 amide bonds. The molecule has 0 saturated carbocycles. The first-order valence-corrected chi connectivity index (χ1v) is 8.08. The van der Waals surface area contributed by atoms with Crippen molar-refractivity contribution in [2.45, 2.75) is 0 Å². The van der Waals surface area contributed by atoms with Gasteiger partial charge in [0.2, 0.25) is 0 Å². The third-order valence-corrected chi connectivity index (χ3v) is 4.43. The Morgan fingerprint density at radius 2 is 1.27 bits per heavy atom. The van der Waals surface area contributed by atoms with E-state index in [1.54, 1.807) is 30.4 Å². The van der Waals surface area contributed by atoms with Crippen molar-refractivity contribution in [2.24, 2.45) is 0 Å². The minimum absolute atomic E-state index is 0.150. The third kappa shape index (κ3) is 2.40. The fourth-order valence-corrected chi connectivity index (χ4v) is 3.16. The van der Waals surface area contributed by atoms with Gasteiger partial charge >= 0.3 is 0 Å². The summed E-state index contributed by atoms with van der Waals surface area (Å²) in [6.45, 7) is 0. The van der Waals surface area contributed by atoms with Crippen molar-refractivity contribution in [1.82, 2.24) is 0 Å². The largest absolute Gasteiger partial charge is 0.507 e. The lowest BCUT2D eigenvalue weighted by Gasteiger charge is -2.20. The molecule has 3 aromatic rings. The van der Waals surface area contributed by atoms with E-state index in [4.69, 9.17) is 0 Å². The Hall–Kier alpha value is -3.66. The number of hydrogen-bond acceptors (Lipinski definition) is 4. The highest BCUT2D eigenvalue weighted by atomic mass is 16.3. The number of rotatable bonds is 2. The SMILES string of the molecule is O=C1c2ccccc2C(=O)c2c(O)c(/C=C/c3ccccc3)cc(O)c21. The zero-order valence-corrected chi connectivity index (χ0v) is 13.6. The van der Waals surface area contributed by atoms with Gasteiger partial charge in [0.15, 0.2) is 11.6 Å². The molecule has 0 fully saturated rings. The highest BCUT2D eigenvalue weighted by Gasteiger charge is 2.35. The van der Waals surface area contributed by atoms with Gasteiger partial charge in [0.25, 0.3) is 0 Å². The normalized spacial score (nSPS) is 12.9. The molecule has 4 heteroatoms. The predicted molar refractivity (Wildman–Crippen MR) is 98.4 cm³/mol. The summed E-state index contributed by atoms with van der Waals surface area (Å²) in [5, 5.41) is 21.0. The van der Waals surface area contributed by atoms with E-state index in [0.29, 0.717) is 0 Å². The molecule has 0 bridgehead atoms. The van der Waals surface area contributed by atoms with Gasteiger partial charge in [0, 0.05) is 16.7 Å². The number of ketones is 2. The molecule has 0 saturated heterocycles. The van der Waals surface area contributed by atoms with Crippen LogP contribution in [0.2, 0.25) is 0 Å². The van der Waals surface area contributed by atoms with Gasteiger partial charge in [-0.2, -0.15) is 0 Å². The maximum atomic E-state index is 12.8. The van der Waals surface area contributed by atoms with E-state index >= 15 is 0 Å². The first kappa shape index (κ1) is 15.8. The molecule has 0 aliphatic heterocycles. The summed E-state index contributed by atoms with van der Waals surface area (Å²) >= 11 is 0. The van der Waals surface area contributed by atoms with Crippen molar-refractivity contribution in [3.8, 4) is 11.5 Å². The number of phenolic OH excluding ortho intramolecular Hbond substituents is 2. The average Bonchev–Trinajstić information content (AvgIpc) is 2.67. The Kier molecular flexibility index (Phi) is 3.66. The smallest absolute Gasteiger partial charge is 0.198 e. The summed E-state index contributed by atoms with van der Waals surface area (Å²) in [7, 11) is 0. The fraction of sp³-hybridized carbons (Fsp3) is 0. The van der Waals surface area contributed by atoms with Crippen LogP contribution >= 0.6 is 0 Å². The molecule has 126 valence electrons. The van der Waals surface area contributed by atoms with Gasteiger partial charge < -0.3 is 10.2 Å². The molecule has 1 aliphatic carbocycles. The van der Waals surface area contributed by atoms with E-state index in [2.05, 4.69) is 0 Å². The summed E-state index contributed by atoms with van der Waals surface area (Å²) in [4.78, 5) is 25.5. The first-order chi connectivity index (χ1) is 12.6. The van der Waals surface area contributed by atoms with Crippen LogP contribution in [0.4, 0.5) is 0 Å². The standard InChI is InChI=1S/C22H14O4/c23-17-12-14(11-10-13-6-2-1-3-7-13)20(24)19-18(17)21(25)15-8-4-5-9-16(15)22(19)26/h1-12,23-24H/b11-10+. The van der Waals surface area contributed by atoms with Crippen LogP contribution in [0.15, 0.2) is 60.7 Å². The number of hydrogen-bond donors (Lipinski definition) is 2. The van der Waals surface area contributed by atoms with Crippen LogP contribution in [0, 0.1) is 0 Å². The Bertz CT molecular complexity index is 1080. The molecule has 0 radical (unpaired) electrons. The lowest BCUT2D eigenvalue weighted by atomic mass is 9.82. The Morgan fingerprint density at radius 1 is 0.692 bits per heavy atom. The van der Waals surface area contributed by atoms with E-state index in [1.165, 1.54) is 12.1 Å². The highest BCUT2D eigenvalue weighted by Crippen LogP contribution is 2.40. The highest BCUT2D eigenvalue weighted by molar-refractivity contribution is 6.30. The van der Waals surface area contributed by atoms with E-state index in [1.807, 2.05) is 30.3 Å². The maximum Gasteiger partial charge on any atom is 0.198 e. The minimum Gasteiger partial charge on any atom is -0.507 e.